The van der Waals surface area contributed by atoms with Gasteiger partial charge >= 0.3 is 0 Å². The number of ether oxygens (including phenoxy) is 1. The fourth-order valence-electron chi connectivity index (χ4n) is 1.79. The summed E-state index contributed by atoms with van der Waals surface area (Å²) in [5, 5.41) is 9.93. The van der Waals surface area contributed by atoms with Crippen LogP contribution in [0.3, 0.4) is 0 Å². The van der Waals surface area contributed by atoms with Crippen molar-refractivity contribution in [2.45, 2.75) is 25.2 Å². The van der Waals surface area contributed by atoms with Crippen LogP contribution in [0.25, 0.3) is 0 Å². The van der Waals surface area contributed by atoms with Crippen LogP contribution >= 0.6 is 11.6 Å². The highest BCUT2D eigenvalue weighted by Crippen LogP contribution is 2.48. The van der Waals surface area contributed by atoms with E-state index in [2.05, 4.69) is 0 Å². The van der Waals surface area contributed by atoms with Crippen molar-refractivity contribution < 1.29 is 9.84 Å². The van der Waals surface area contributed by atoms with Crippen LogP contribution < -0.4 is 4.74 Å². The molecule has 0 atom stereocenters. The van der Waals surface area contributed by atoms with E-state index in [4.69, 9.17) is 16.3 Å². The molecular weight excluding hydrogens is 212 g/mol. The second-order valence-electron chi connectivity index (χ2n) is 4.02. The number of hydrogen-bond donors (Lipinski definition) is 1. The summed E-state index contributed by atoms with van der Waals surface area (Å²) in [7, 11) is 0. The zero-order valence-corrected chi connectivity index (χ0v) is 9.55. The van der Waals surface area contributed by atoms with Crippen molar-refractivity contribution >= 4 is 11.6 Å². The Bertz CT molecular complexity index is 359. The predicted octanol–water partition coefficient (Wildman–Crippen LogP) is 2.76. The molecule has 82 valence electrons. The van der Waals surface area contributed by atoms with E-state index in [0.29, 0.717) is 11.6 Å². The van der Waals surface area contributed by atoms with Gasteiger partial charge in [-0.05, 0) is 37.5 Å². The molecule has 2 nitrogen and oxygen atoms in total. The van der Waals surface area contributed by atoms with Gasteiger partial charge in [0, 0.05) is 5.41 Å². The molecule has 2 rings (SSSR count). The number of hydrogen-bond acceptors (Lipinski definition) is 2. The third-order valence-electron chi connectivity index (χ3n) is 3.00. The van der Waals surface area contributed by atoms with Gasteiger partial charge in [0.1, 0.15) is 5.75 Å². The van der Waals surface area contributed by atoms with E-state index >= 15 is 0 Å². The van der Waals surface area contributed by atoms with Crippen LogP contribution in [0.2, 0.25) is 5.02 Å². The summed E-state index contributed by atoms with van der Waals surface area (Å²) in [6, 6.07) is 5.80. The van der Waals surface area contributed by atoms with E-state index in [9.17, 15) is 5.11 Å². The quantitative estimate of drug-likeness (QED) is 0.856. The lowest BCUT2D eigenvalue weighted by molar-refractivity contribution is 0.255. The van der Waals surface area contributed by atoms with Crippen LogP contribution in [0.5, 0.6) is 5.75 Å². The Labute approximate surface area is 94.8 Å². The van der Waals surface area contributed by atoms with Crippen molar-refractivity contribution in [1.29, 1.82) is 0 Å². The molecule has 1 N–H and O–H groups in total. The van der Waals surface area contributed by atoms with Gasteiger partial charge in [0.2, 0.25) is 0 Å². The van der Waals surface area contributed by atoms with E-state index in [0.717, 1.165) is 24.2 Å². The maximum absolute atomic E-state index is 9.30. The molecule has 1 saturated carbocycles. The van der Waals surface area contributed by atoms with Crippen molar-refractivity contribution in [3.8, 4) is 5.75 Å². The number of aliphatic hydroxyl groups excluding tert-OH is 1. The lowest BCUT2D eigenvalue weighted by atomic mass is 9.97. The van der Waals surface area contributed by atoms with E-state index in [1.807, 2.05) is 25.1 Å². The summed E-state index contributed by atoms with van der Waals surface area (Å²) in [4.78, 5) is 0. The van der Waals surface area contributed by atoms with Gasteiger partial charge in [-0.2, -0.15) is 0 Å². The first-order valence-corrected chi connectivity index (χ1v) is 5.63. The molecule has 1 aromatic carbocycles. The molecule has 0 unspecified atom stereocenters. The molecule has 0 bridgehead atoms. The topological polar surface area (TPSA) is 29.5 Å². The highest BCUT2D eigenvalue weighted by molar-refractivity contribution is 6.32. The van der Waals surface area contributed by atoms with Crippen molar-refractivity contribution in [3.05, 3.63) is 28.8 Å². The summed E-state index contributed by atoms with van der Waals surface area (Å²) in [5.41, 5.74) is 1.10. The minimum atomic E-state index is -0.0195. The largest absolute Gasteiger partial charge is 0.492 e. The number of benzene rings is 1. The van der Waals surface area contributed by atoms with E-state index in [1.54, 1.807) is 0 Å². The molecule has 1 fully saturated rings. The molecule has 0 spiro atoms. The van der Waals surface area contributed by atoms with Crippen molar-refractivity contribution in [3.63, 3.8) is 0 Å². The molecule has 1 aromatic rings. The first kappa shape index (κ1) is 10.8. The molecule has 0 radical (unpaired) electrons. The van der Waals surface area contributed by atoms with E-state index in [-0.39, 0.29) is 12.0 Å². The lowest BCUT2D eigenvalue weighted by Crippen LogP contribution is -2.11. The standard InChI is InChI=1S/C12H15ClO2/c1-2-15-11-4-3-9(7-10(11)13)12(8-14)5-6-12/h3-4,7,14H,2,5-6,8H2,1H3. The van der Waals surface area contributed by atoms with Crippen LogP contribution in [0.4, 0.5) is 0 Å². The van der Waals surface area contributed by atoms with Crippen LogP contribution in [0.1, 0.15) is 25.3 Å². The van der Waals surface area contributed by atoms with Crippen molar-refractivity contribution in [2.24, 2.45) is 0 Å². The summed E-state index contributed by atoms with van der Waals surface area (Å²) < 4.78 is 5.36. The number of aliphatic hydroxyl groups is 1. The molecule has 0 heterocycles. The molecule has 0 saturated heterocycles. The first-order valence-electron chi connectivity index (χ1n) is 5.25. The zero-order chi connectivity index (χ0) is 10.9. The Kier molecular flexibility index (Phi) is 2.89. The Balaban J connectivity index is 2.25. The third kappa shape index (κ3) is 1.97. The summed E-state index contributed by atoms with van der Waals surface area (Å²) in [6.45, 7) is 2.75. The van der Waals surface area contributed by atoms with Gasteiger partial charge in [-0.1, -0.05) is 17.7 Å². The summed E-state index contributed by atoms with van der Waals surface area (Å²) >= 11 is 6.09. The number of rotatable bonds is 4. The average molecular weight is 227 g/mol. The summed E-state index contributed by atoms with van der Waals surface area (Å²) in [6.07, 6.45) is 2.10. The van der Waals surface area contributed by atoms with E-state index in [1.165, 1.54) is 0 Å². The smallest absolute Gasteiger partial charge is 0.137 e. The van der Waals surface area contributed by atoms with Gasteiger partial charge in [-0.25, -0.2) is 0 Å². The van der Waals surface area contributed by atoms with Gasteiger partial charge < -0.3 is 9.84 Å². The fraction of sp³-hybridized carbons (Fsp3) is 0.500. The molecule has 3 heteroatoms. The maximum Gasteiger partial charge on any atom is 0.137 e. The van der Waals surface area contributed by atoms with Gasteiger partial charge in [-0.15, -0.1) is 0 Å². The number of halogens is 1. The minimum absolute atomic E-state index is 0.0195. The molecule has 15 heavy (non-hydrogen) atoms. The highest BCUT2D eigenvalue weighted by Gasteiger charge is 2.43. The minimum Gasteiger partial charge on any atom is -0.492 e. The highest BCUT2D eigenvalue weighted by atomic mass is 35.5. The first-order chi connectivity index (χ1) is 7.22. The van der Waals surface area contributed by atoms with Crippen molar-refractivity contribution in [1.82, 2.24) is 0 Å². The Morgan fingerprint density at radius 1 is 1.47 bits per heavy atom. The summed E-state index contributed by atoms with van der Waals surface area (Å²) in [5.74, 6) is 0.719. The average Bonchev–Trinajstić information content (AvgIpc) is 3.02. The normalized spacial score (nSPS) is 17.5. The van der Waals surface area contributed by atoms with Gasteiger partial charge in [0.25, 0.3) is 0 Å². The molecule has 0 aliphatic heterocycles. The Morgan fingerprint density at radius 3 is 2.67 bits per heavy atom. The molecule has 1 aliphatic carbocycles. The molecule has 0 aromatic heterocycles. The molecular formula is C12H15ClO2. The van der Waals surface area contributed by atoms with Crippen LogP contribution in [0, 0.1) is 0 Å². The van der Waals surface area contributed by atoms with Crippen LogP contribution in [-0.4, -0.2) is 18.3 Å². The Hall–Kier alpha value is -0.730. The predicted molar refractivity (Wildman–Crippen MR) is 60.6 cm³/mol. The second kappa shape index (κ2) is 4.03. The van der Waals surface area contributed by atoms with Crippen LogP contribution in [0.15, 0.2) is 18.2 Å². The van der Waals surface area contributed by atoms with Crippen molar-refractivity contribution in [2.75, 3.05) is 13.2 Å². The van der Waals surface area contributed by atoms with Crippen LogP contribution in [-0.2, 0) is 5.41 Å². The monoisotopic (exact) mass is 226 g/mol. The zero-order valence-electron chi connectivity index (χ0n) is 8.79. The van der Waals surface area contributed by atoms with Gasteiger partial charge in [0.15, 0.2) is 0 Å². The maximum atomic E-state index is 9.30. The van der Waals surface area contributed by atoms with Gasteiger partial charge in [0.05, 0.1) is 18.2 Å². The fourth-order valence-corrected chi connectivity index (χ4v) is 2.03. The molecule has 0 amide bonds. The SMILES string of the molecule is CCOc1ccc(C2(CO)CC2)cc1Cl. The second-order valence-corrected chi connectivity index (χ2v) is 4.42. The van der Waals surface area contributed by atoms with Gasteiger partial charge in [-0.3, -0.25) is 0 Å². The van der Waals surface area contributed by atoms with E-state index < -0.39 is 0 Å². The lowest BCUT2D eigenvalue weighted by Gasteiger charge is -2.14. The Morgan fingerprint density at radius 2 is 2.20 bits per heavy atom. The third-order valence-corrected chi connectivity index (χ3v) is 3.30. The molecule has 1 aliphatic rings.